The van der Waals surface area contributed by atoms with E-state index in [1.807, 2.05) is 24.9 Å². The SMILES string of the molecule is Cc1ccc(NC(=O)c2ccc(NC(=O)c3cccc([N+](=O)[O-])c3NC(=O)C(F)(F)F)cc2)c(OCCCCCC(=O)N2CCN(C)CC2)c1. The Labute approximate surface area is 285 Å². The molecule has 1 fully saturated rings. The Kier molecular flexibility index (Phi) is 12.5. The lowest BCUT2D eigenvalue weighted by atomic mass is 10.1. The maximum Gasteiger partial charge on any atom is 0.471 e. The van der Waals surface area contributed by atoms with Gasteiger partial charge in [-0.25, -0.2) is 0 Å². The van der Waals surface area contributed by atoms with Crippen LogP contribution < -0.4 is 20.7 Å². The summed E-state index contributed by atoms with van der Waals surface area (Å²) < 4.78 is 44.6. The van der Waals surface area contributed by atoms with E-state index in [2.05, 4.69) is 15.5 Å². The molecule has 3 aromatic carbocycles. The molecule has 0 unspecified atom stereocenters. The predicted molar refractivity (Wildman–Crippen MR) is 179 cm³/mol. The van der Waals surface area contributed by atoms with E-state index in [-0.39, 0.29) is 17.2 Å². The number of anilines is 3. The van der Waals surface area contributed by atoms with Crippen molar-refractivity contribution in [3.05, 3.63) is 87.5 Å². The van der Waals surface area contributed by atoms with Gasteiger partial charge in [0.1, 0.15) is 11.4 Å². The van der Waals surface area contributed by atoms with E-state index in [4.69, 9.17) is 4.74 Å². The highest BCUT2D eigenvalue weighted by Crippen LogP contribution is 2.31. The molecule has 1 saturated heterocycles. The van der Waals surface area contributed by atoms with Gasteiger partial charge >= 0.3 is 12.1 Å². The van der Waals surface area contributed by atoms with E-state index in [9.17, 15) is 42.5 Å². The van der Waals surface area contributed by atoms with Crippen molar-refractivity contribution in [2.24, 2.45) is 0 Å². The number of nitrogens with one attached hydrogen (secondary N) is 3. The second-order valence-electron chi connectivity index (χ2n) is 11.7. The first-order valence-corrected chi connectivity index (χ1v) is 15.8. The molecule has 3 aromatic rings. The number of unbranched alkanes of at least 4 members (excludes halogenated alkanes) is 2. The lowest BCUT2D eigenvalue weighted by Crippen LogP contribution is -2.47. The van der Waals surface area contributed by atoms with Gasteiger partial charge in [-0.1, -0.05) is 12.1 Å². The number of carbonyl (C=O) groups is 4. The van der Waals surface area contributed by atoms with Gasteiger partial charge in [0.25, 0.3) is 17.5 Å². The van der Waals surface area contributed by atoms with Gasteiger partial charge in [0, 0.05) is 49.9 Å². The van der Waals surface area contributed by atoms with Crippen LogP contribution in [0.15, 0.2) is 60.7 Å². The fourth-order valence-corrected chi connectivity index (χ4v) is 5.10. The second kappa shape index (κ2) is 16.7. The summed E-state index contributed by atoms with van der Waals surface area (Å²) in [4.78, 5) is 64.5. The minimum absolute atomic E-state index is 0.121. The Hall–Kier alpha value is -5.51. The molecule has 0 aliphatic carbocycles. The third-order valence-corrected chi connectivity index (χ3v) is 7.92. The third-order valence-electron chi connectivity index (χ3n) is 7.92. The van der Waals surface area contributed by atoms with Crippen molar-refractivity contribution in [1.82, 2.24) is 9.80 Å². The lowest BCUT2D eigenvalue weighted by molar-refractivity contribution is -0.384. The molecule has 1 heterocycles. The summed E-state index contributed by atoms with van der Waals surface area (Å²) in [5.74, 6) is -3.37. The Balaban J connectivity index is 1.32. The van der Waals surface area contributed by atoms with E-state index < -0.39 is 45.8 Å². The number of para-hydroxylation sites is 1. The van der Waals surface area contributed by atoms with E-state index in [0.717, 1.165) is 69.2 Å². The van der Waals surface area contributed by atoms with E-state index in [1.165, 1.54) is 29.6 Å². The number of nitro benzene ring substituents is 1. The van der Waals surface area contributed by atoms with Crippen LogP contribution in [0.2, 0.25) is 0 Å². The molecular formula is C34H37F3N6O7. The zero-order valence-corrected chi connectivity index (χ0v) is 27.5. The molecule has 1 aliphatic rings. The summed E-state index contributed by atoms with van der Waals surface area (Å²) >= 11 is 0. The van der Waals surface area contributed by atoms with Crippen molar-refractivity contribution in [3.63, 3.8) is 0 Å². The molecule has 0 radical (unpaired) electrons. The molecule has 0 bridgehead atoms. The molecular weight excluding hydrogens is 661 g/mol. The molecule has 4 rings (SSSR count). The molecule has 0 saturated carbocycles. The van der Waals surface area contributed by atoms with Crippen LogP contribution >= 0.6 is 0 Å². The van der Waals surface area contributed by atoms with Gasteiger partial charge in [-0.3, -0.25) is 29.3 Å². The topological polar surface area (TPSA) is 163 Å². The number of hydrogen-bond acceptors (Lipinski definition) is 8. The first-order valence-electron chi connectivity index (χ1n) is 15.8. The van der Waals surface area contributed by atoms with Gasteiger partial charge in [-0.15, -0.1) is 0 Å². The Bertz CT molecular complexity index is 1730. The van der Waals surface area contributed by atoms with Gasteiger partial charge in [0.15, 0.2) is 0 Å². The number of ether oxygens (including phenoxy) is 1. The average molecular weight is 699 g/mol. The average Bonchev–Trinajstić information content (AvgIpc) is 3.07. The summed E-state index contributed by atoms with van der Waals surface area (Å²) in [5.41, 5.74) is -0.729. The van der Waals surface area contributed by atoms with E-state index in [0.29, 0.717) is 24.5 Å². The molecule has 16 heteroatoms. The number of benzene rings is 3. The number of rotatable bonds is 13. The zero-order valence-electron chi connectivity index (χ0n) is 27.5. The van der Waals surface area contributed by atoms with Crippen LogP contribution in [0.5, 0.6) is 5.75 Å². The van der Waals surface area contributed by atoms with Crippen LogP contribution in [0, 0.1) is 17.0 Å². The minimum Gasteiger partial charge on any atom is -0.491 e. The van der Waals surface area contributed by atoms with Crippen molar-refractivity contribution < 1.29 is 42.0 Å². The molecule has 1 aliphatic heterocycles. The molecule has 13 nitrogen and oxygen atoms in total. The molecule has 3 N–H and O–H groups in total. The first-order chi connectivity index (χ1) is 23.7. The van der Waals surface area contributed by atoms with Gasteiger partial charge in [0.05, 0.1) is 22.8 Å². The Morgan fingerprint density at radius 3 is 2.24 bits per heavy atom. The van der Waals surface area contributed by atoms with Crippen molar-refractivity contribution in [3.8, 4) is 5.75 Å². The molecule has 0 aromatic heterocycles. The Morgan fingerprint density at radius 1 is 0.880 bits per heavy atom. The standard InChI is InChI=1S/C34H37F3N6O7/c1-22-10-15-26(28(21-22)50-20-5-3-4-9-29(44)42-18-16-41(2)17-19-42)39-31(45)23-11-13-24(14-12-23)38-32(46)25-7-6-8-27(43(48)49)30(25)40-33(47)34(35,36)37/h6-8,10-15,21H,3-5,9,16-20H2,1-2H3,(H,38,46)(H,39,45)(H,40,47). The molecule has 0 spiro atoms. The van der Waals surface area contributed by atoms with E-state index >= 15 is 0 Å². The summed E-state index contributed by atoms with van der Waals surface area (Å²) in [6, 6.07) is 13.8. The number of piperazine rings is 1. The predicted octanol–water partition coefficient (Wildman–Crippen LogP) is 5.62. The monoisotopic (exact) mass is 698 g/mol. The van der Waals surface area contributed by atoms with Crippen molar-refractivity contribution >= 4 is 46.4 Å². The second-order valence-corrected chi connectivity index (χ2v) is 11.7. The van der Waals surface area contributed by atoms with Gasteiger partial charge < -0.3 is 30.5 Å². The van der Waals surface area contributed by atoms with Crippen molar-refractivity contribution in [1.29, 1.82) is 0 Å². The molecule has 4 amide bonds. The summed E-state index contributed by atoms with van der Waals surface area (Å²) in [7, 11) is 2.04. The maximum atomic E-state index is 13.1. The van der Waals surface area contributed by atoms with Crippen molar-refractivity contribution in [2.75, 3.05) is 55.8 Å². The highest BCUT2D eigenvalue weighted by Gasteiger charge is 2.40. The quantitative estimate of drug-likeness (QED) is 0.118. The number of nitrogens with zero attached hydrogens (tertiary/aromatic N) is 3. The smallest absolute Gasteiger partial charge is 0.471 e. The van der Waals surface area contributed by atoms with Crippen molar-refractivity contribution in [2.45, 2.75) is 38.8 Å². The highest BCUT2D eigenvalue weighted by atomic mass is 19.4. The third kappa shape index (κ3) is 10.2. The van der Waals surface area contributed by atoms with Gasteiger partial charge in [-0.2, -0.15) is 13.2 Å². The van der Waals surface area contributed by atoms with Crippen LogP contribution in [0.3, 0.4) is 0 Å². The maximum absolute atomic E-state index is 13.1. The highest BCUT2D eigenvalue weighted by molar-refractivity contribution is 6.12. The van der Waals surface area contributed by atoms with Crippen LogP contribution in [0.1, 0.15) is 52.0 Å². The number of amides is 4. The van der Waals surface area contributed by atoms with Crippen LogP contribution in [-0.2, 0) is 9.59 Å². The normalized spacial score (nSPS) is 13.3. The Morgan fingerprint density at radius 2 is 1.58 bits per heavy atom. The summed E-state index contributed by atoms with van der Waals surface area (Å²) in [5, 5.41) is 18.0. The number of hydrogen-bond donors (Lipinski definition) is 3. The largest absolute Gasteiger partial charge is 0.491 e. The molecule has 266 valence electrons. The van der Waals surface area contributed by atoms with Crippen LogP contribution in [0.4, 0.5) is 35.9 Å². The molecule has 50 heavy (non-hydrogen) atoms. The van der Waals surface area contributed by atoms with Gasteiger partial charge in [0.2, 0.25) is 5.91 Å². The fourth-order valence-electron chi connectivity index (χ4n) is 5.10. The number of nitro groups is 1. The first kappa shape index (κ1) is 37.3. The number of aryl methyl sites for hydroxylation is 1. The minimum atomic E-state index is -5.35. The van der Waals surface area contributed by atoms with Crippen LogP contribution in [-0.4, -0.2) is 84.4 Å². The molecule has 0 atom stereocenters. The van der Waals surface area contributed by atoms with Crippen LogP contribution in [0.25, 0.3) is 0 Å². The fraction of sp³-hybridized carbons (Fsp3) is 0.353. The zero-order chi connectivity index (χ0) is 36.4. The number of halogens is 3. The lowest BCUT2D eigenvalue weighted by Gasteiger charge is -2.32. The summed E-state index contributed by atoms with van der Waals surface area (Å²) in [6.45, 7) is 5.54. The number of carbonyl (C=O) groups excluding carboxylic acids is 4. The van der Waals surface area contributed by atoms with Gasteiger partial charge in [-0.05, 0) is 81.3 Å². The van der Waals surface area contributed by atoms with E-state index in [1.54, 1.807) is 12.1 Å². The number of likely N-dealkylation sites (N-methyl/N-ethyl adjacent to an activating group) is 1. The summed E-state index contributed by atoms with van der Waals surface area (Å²) in [6.07, 6.45) is -2.58. The number of alkyl halides is 3.